The van der Waals surface area contributed by atoms with Crippen molar-refractivity contribution in [2.75, 3.05) is 5.32 Å². The van der Waals surface area contributed by atoms with Crippen molar-refractivity contribution in [2.24, 2.45) is 11.5 Å². The van der Waals surface area contributed by atoms with Crippen molar-refractivity contribution in [3.05, 3.63) is 106 Å². The third kappa shape index (κ3) is 4.99. The van der Waals surface area contributed by atoms with Gasteiger partial charge in [0.25, 0.3) is 11.5 Å². The minimum atomic E-state index is -0.318. The average molecular weight is 441 g/mol. The Kier molecular flexibility index (Phi) is 6.03. The van der Waals surface area contributed by atoms with Gasteiger partial charge in [0.2, 0.25) is 5.95 Å². The predicted octanol–water partition coefficient (Wildman–Crippen LogP) is 2.58. The monoisotopic (exact) mass is 441 g/mol. The van der Waals surface area contributed by atoms with Gasteiger partial charge in [-0.15, -0.1) is 0 Å². The van der Waals surface area contributed by atoms with Gasteiger partial charge in [0.15, 0.2) is 0 Å². The molecule has 166 valence electrons. The first-order valence-electron chi connectivity index (χ1n) is 10.2. The highest BCUT2D eigenvalue weighted by Gasteiger charge is 2.11. The summed E-state index contributed by atoms with van der Waals surface area (Å²) in [5, 5.41) is 7.17. The first-order chi connectivity index (χ1) is 15.9. The Morgan fingerprint density at radius 1 is 1.15 bits per heavy atom. The van der Waals surface area contributed by atoms with Gasteiger partial charge in [0.05, 0.1) is 23.3 Å². The molecule has 0 saturated heterocycles. The Bertz CT molecular complexity index is 1410. The summed E-state index contributed by atoms with van der Waals surface area (Å²) in [6, 6.07) is 17.5. The molecular formula is C24H23N7O2. The van der Waals surface area contributed by atoms with Crippen molar-refractivity contribution >= 4 is 28.5 Å². The number of hydrogen-bond donors (Lipinski definition) is 4. The van der Waals surface area contributed by atoms with Gasteiger partial charge in [0.1, 0.15) is 0 Å². The number of anilines is 1. The SMILES string of the molecule is C/C(N)=C/C(=C\N)c1ccc(=O)n(Cc2cccc(C(=O)Nc3nc4ccccc4[nH]3)c2)n1. The summed E-state index contributed by atoms with van der Waals surface area (Å²) < 4.78 is 1.31. The molecule has 0 saturated carbocycles. The smallest absolute Gasteiger partial charge is 0.267 e. The molecule has 2 heterocycles. The van der Waals surface area contributed by atoms with Gasteiger partial charge >= 0.3 is 0 Å². The summed E-state index contributed by atoms with van der Waals surface area (Å²) in [6.07, 6.45) is 3.07. The van der Waals surface area contributed by atoms with Gasteiger partial charge in [-0.05, 0) is 48.9 Å². The van der Waals surface area contributed by atoms with E-state index >= 15 is 0 Å². The van der Waals surface area contributed by atoms with Crippen LogP contribution in [0.3, 0.4) is 0 Å². The van der Waals surface area contributed by atoms with E-state index in [1.807, 2.05) is 30.3 Å². The molecule has 0 atom stereocenters. The number of benzene rings is 2. The average Bonchev–Trinajstić information content (AvgIpc) is 3.21. The second-order valence-corrected chi connectivity index (χ2v) is 7.48. The number of carbonyl (C=O) groups excluding carboxylic acids is 1. The molecule has 0 unspecified atom stereocenters. The van der Waals surface area contributed by atoms with Crippen LogP contribution >= 0.6 is 0 Å². The lowest BCUT2D eigenvalue weighted by atomic mass is 10.1. The zero-order valence-corrected chi connectivity index (χ0v) is 17.9. The van der Waals surface area contributed by atoms with Crippen LogP contribution in [0, 0.1) is 0 Å². The fourth-order valence-electron chi connectivity index (χ4n) is 3.34. The summed E-state index contributed by atoms with van der Waals surface area (Å²) in [5.74, 6) is 0.0448. The first-order valence-corrected chi connectivity index (χ1v) is 10.2. The quantitative estimate of drug-likeness (QED) is 0.339. The largest absolute Gasteiger partial charge is 0.404 e. The fraction of sp³-hybridized carbons (Fsp3) is 0.0833. The van der Waals surface area contributed by atoms with E-state index in [2.05, 4.69) is 20.4 Å². The standard InChI is InChI=1S/C24H23N7O2/c1-15(26)11-18(13-25)19-9-10-22(32)31(30-19)14-16-5-4-6-17(12-16)23(33)29-24-27-20-7-2-3-8-21(20)28-24/h2-13H,14,25-26H2,1H3,(H2,27,28,29,33)/b15-11-,18-13+. The maximum Gasteiger partial charge on any atom is 0.267 e. The number of aromatic nitrogens is 4. The van der Waals surface area contributed by atoms with Gasteiger partial charge in [0, 0.05) is 29.1 Å². The number of imidazole rings is 1. The van der Waals surface area contributed by atoms with Crippen molar-refractivity contribution in [1.82, 2.24) is 19.7 Å². The van der Waals surface area contributed by atoms with Crippen LogP contribution in [-0.4, -0.2) is 25.7 Å². The van der Waals surface area contributed by atoms with Gasteiger partial charge in [-0.2, -0.15) is 5.10 Å². The molecular weight excluding hydrogens is 418 g/mol. The number of allylic oxidation sites excluding steroid dienone is 3. The number of rotatable bonds is 6. The van der Waals surface area contributed by atoms with Crippen LogP contribution < -0.4 is 22.3 Å². The molecule has 0 fully saturated rings. The lowest BCUT2D eigenvalue weighted by Crippen LogP contribution is -2.24. The summed E-state index contributed by atoms with van der Waals surface area (Å²) in [7, 11) is 0. The number of nitrogens with two attached hydrogens (primary N) is 2. The summed E-state index contributed by atoms with van der Waals surface area (Å²) >= 11 is 0. The van der Waals surface area contributed by atoms with Crippen LogP contribution in [0.25, 0.3) is 16.6 Å². The molecule has 2 aromatic carbocycles. The maximum atomic E-state index is 12.8. The second kappa shape index (κ2) is 9.23. The van der Waals surface area contributed by atoms with Crippen molar-refractivity contribution in [1.29, 1.82) is 0 Å². The van der Waals surface area contributed by atoms with E-state index in [1.54, 1.807) is 37.3 Å². The molecule has 6 N–H and O–H groups in total. The Morgan fingerprint density at radius 3 is 2.73 bits per heavy atom. The van der Waals surface area contributed by atoms with Crippen LogP contribution in [0.1, 0.15) is 28.5 Å². The van der Waals surface area contributed by atoms with Crippen LogP contribution in [-0.2, 0) is 6.54 Å². The number of nitrogens with one attached hydrogen (secondary N) is 2. The zero-order valence-electron chi connectivity index (χ0n) is 17.9. The van der Waals surface area contributed by atoms with E-state index in [9.17, 15) is 9.59 Å². The summed E-state index contributed by atoms with van der Waals surface area (Å²) in [4.78, 5) is 32.6. The highest BCUT2D eigenvalue weighted by Crippen LogP contribution is 2.15. The number of H-pyrrole nitrogens is 1. The molecule has 2 aromatic heterocycles. The van der Waals surface area contributed by atoms with E-state index in [0.717, 1.165) is 16.6 Å². The van der Waals surface area contributed by atoms with Gasteiger partial charge < -0.3 is 16.5 Å². The second-order valence-electron chi connectivity index (χ2n) is 7.48. The molecule has 0 aliphatic carbocycles. The molecule has 4 aromatic rings. The summed E-state index contributed by atoms with van der Waals surface area (Å²) in [5.41, 5.74) is 15.6. The molecule has 1 amide bonds. The van der Waals surface area contributed by atoms with Crippen molar-refractivity contribution in [2.45, 2.75) is 13.5 Å². The first kappa shape index (κ1) is 21.6. The number of amides is 1. The molecule has 4 rings (SSSR count). The topological polar surface area (TPSA) is 145 Å². The van der Waals surface area contributed by atoms with Gasteiger partial charge in [-0.25, -0.2) is 9.67 Å². The molecule has 0 aliphatic heterocycles. The third-order valence-electron chi connectivity index (χ3n) is 4.87. The van der Waals surface area contributed by atoms with Gasteiger partial charge in [-0.3, -0.25) is 14.9 Å². The van der Waals surface area contributed by atoms with Gasteiger partial charge in [-0.1, -0.05) is 24.3 Å². The van der Waals surface area contributed by atoms with Crippen LogP contribution in [0.2, 0.25) is 0 Å². The fourth-order valence-corrected chi connectivity index (χ4v) is 3.34. The Hall–Kier alpha value is -4.66. The van der Waals surface area contributed by atoms with E-state index < -0.39 is 0 Å². The maximum absolute atomic E-state index is 12.8. The minimum Gasteiger partial charge on any atom is -0.404 e. The number of carbonyl (C=O) groups is 1. The number of aromatic amines is 1. The highest BCUT2D eigenvalue weighted by atomic mass is 16.2. The molecule has 0 spiro atoms. The number of fused-ring (bicyclic) bond motifs is 1. The van der Waals surface area contributed by atoms with Crippen LogP contribution in [0.15, 0.2) is 83.4 Å². The van der Waals surface area contributed by atoms with Crippen molar-refractivity contribution in [3.8, 4) is 0 Å². The number of para-hydroxylation sites is 2. The molecule has 0 radical (unpaired) electrons. The highest BCUT2D eigenvalue weighted by molar-refractivity contribution is 6.04. The molecule has 33 heavy (non-hydrogen) atoms. The molecule has 9 heteroatoms. The van der Waals surface area contributed by atoms with Crippen molar-refractivity contribution < 1.29 is 4.79 Å². The summed E-state index contributed by atoms with van der Waals surface area (Å²) in [6.45, 7) is 1.92. The molecule has 0 bridgehead atoms. The number of nitrogens with zero attached hydrogens (tertiary/aromatic N) is 3. The minimum absolute atomic E-state index is 0.182. The molecule has 0 aliphatic rings. The number of hydrogen-bond acceptors (Lipinski definition) is 6. The Morgan fingerprint density at radius 2 is 1.97 bits per heavy atom. The van der Waals surface area contributed by atoms with Crippen molar-refractivity contribution in [3.63, 3.8) is 0 Å². The lowest BCUT2D eigenvalue weighted by molar-refractivity contribution is 0.102. The normalized spacial score (nSPS) is 12.2. The lowest BCUT2D eigenvalue weighted by Gasteiger charge is -2.09. The van der Waals surface area contributed by atoms with Crippen LogP contribution in [0.5, 0.6) is 0 Å². The predicted molar refractivity (Wildman–Crippen MR) is 128 cm³/mol. The van der Waals surface area contributed by atoms with E-state index in [1.165, 1.54) is 16.9 Å². The Labute approximate surface area is 189 Å². The van der Waals surface area contributed by atoms with E-state index in [-0.39, 0.29) is 18.0 Å². The Balaban J connectivity index is 1.55. The van der Waals surface area contributed by atoms with E-state index in [4.69, 9.17) is 11.5 Å². The van der Waals surface area contributed by atoms with Crippen LogP contribution in [0.4, 0.5) is 5.95 Å². The molecule has 9 nitrogen and oxygen atoms in total. The third-order valence-corrected chi connectivity index (χ3v) is 4.87. The van der Waals surface area contributed by atoms with E-state index in [0.29, 0.717) is 28.5 Å². The zero-order chi connectivity index (χ0) is 23.4.